The van der Waals surface area contributed by atoms with Crippen molar-refractivity contribution >= 4 is 9.84 Å². The molecule has 1 aromatic rings. The molecule has 0 aliphatic carbocycles. The Morgan fingerprint density at radius 1 is 1.32 bits per heavy atom. The lowest BCUT2D eigenvalue weighted by molar-refractivity contribution is 0.322. The molecule has 0 N–H and O–H groups in total. The predicted octanol–water partition coefficient (Wildman–Crippen LogP) is 2.84. The summed E-state index contributed by atoms with van der Waals surface area (Å²) in [4.78, 5) is 0.434. The van der Waals surface area contributed by atoms with Gasteiger partial charge in [0.05, 0.1) is 22.9 Å². The SMILES string of the molecule is CCC1OC1C(C)Cc1cccc(S(=O)(=O)CC)c1. The molecule has 3 atom stereocenters. The van der Waals surface area contributed by atoms with Gasteiger partial charge >= 0.3 is 0 Å². The predicted molar refractivity (Wildman–Crippen MR) is 76.0 cm³/mol. The van der Waals surface area contributed by atoms with E-state index in [1.807, 2.05) is 12.1 Å². The summed E-state index contributed by atoms with van der Waals surface area (Å²) in [5.74, 6) is 0.583. The minimum absolute atomic E-state index is 0.148. The van der Waals surface area contributed by atoms with E-state index in [9.17, 15) is 8.42 Å². The summed E-state index contributed by atoms with van der Waals surface area (Å²) >= 11 is 0. The molecular weight excluding hydrogens is 260 g/mol. The average Bonchev–Trinajstić information content (AvgIpc) is 3.18. The highest BCUT2D eigenvalue weighted by molar-refractivity contribution is 7.91. The Hall–Kier alpha value is -0.870. The number of sulfone groups is 1. The smallest absolute Gasteiger partial charge is 0.178 e. The van der Waals surface area contributed by atoms with Gasteiger partial charge in [-0.05, 0) is 36.5 Å². The van der Waals surface area contributed by atoms with Crippen LogP contribution in [0.1, 0.15) is 32.8 Å². The van der Waals surface area contributed by atoms with Crippen LogP contribution in [0, 0.1) is 5.92 Å². The molecule has 0 aromatic heterocycles. The first-order valence-electron chi connectivity index (χ1n) is 6.95. The number of benzene rings is 1. The molecule has 0 spiro atoms. The molecule has 0 saturated carbocycles. The maximum atomic E-state index is 11.9. The summed E-state index contributed by atoms with van der Waals surface area (Å²) in [6, 6.07) is 7.30. The van der Waals surface area contributed by atoms with E-state index in [2.05, 4.69) is 13.8 Å². The second-order valence-electron chi connectivity index (χ2n) is 5.28. The van der Waals surface area contributed by atoms with Crippen molar-refractivity contribution in [3.05, 3.63) is 29.8 Å². The molecule has 106 valence electrons. The van der Waals surface area contributed by atoms with Gasteiger partial charge in [0.25, 0.3) is 0 Å². The van der Waals surface area contributed by atoms with Crippen LogP contribution in [0.15, 0.2) is 29.2 Å². The van der Waals surface area contributed by atoms with E-state index in [-0.39, 0.29) is 5.75 Å². The van der Waals surface area contributed by atoms with E-state index < -0.39 is 9.84 Å². The van der Waals surface area contributed by atoms with Crippen LogP contribution in [0.25, 0.3) is 0 Å². The Morgan fingerprint density at radius 3 is 2.63 bits per heavy atom. The Kier molecular flexibility index (Phi) is 4.31. The fourth-order valence-corrected chi connectivity index (χ4v) is 3.46. The van der Waals surface area contributed by atoms with Crippen molar-refractivity contribution in [1.82, 2.24) is 0 Å². The van der Waals surface area contributed by atoms with Crippen molar-refractivity contribution in [2.24, 2.45) is 5.92 Å². The molecule has 1 fully saturated rings. The van der Waals surface area contributed by atoms with Crippen LogP contribution in [-0.2, 0) is 21.0 Å². The molecule has 4 heteroatoms. The fraction of sp³-hybridized carbons (Fsp3) is 0.600. The molecular formula is C15H22O3S. The molecule has 19 heavy (non-hydrogen) atoms. The van der Waals surface area contributed by atoms with Crippen LogP contribution in [0.3, 0.4) is 0 Å². The lowest BCUT2D eigenvalue weighted by atomic mass is 9.96. The summed E-state index contributed by atoms with van der Waals surface area (Å²) in [5.41, 5.74) is 1.08. The van der Waals surface area contributed by atoms with Crippen molar-refractivity contribution in [2.45, 2.75) is 50.7 Å². The first-order chi connectivity index (χ1) is 8.97. The Balaban J connectivity index is 2.08. The highest BCUT2D eigenvalue weighted by Gasteiger charge is 2.40. The van der Waals surface area contributed by atoms with E-state index in [4.69, 9.17) is 4.74 Å². The van der Waals surface area contributed by atoms with Crippen molar-refractivity contribution in [3.63, 3.8) is 0 Å². The van der Waals surface area contributed by atoms with Gasteiger partial charge in [-0.25, -0.2) is 8.42 Å². The van der Waals surface area contributed by atoms with Gasteiger partial charge in [-0.1, -0.05) is 32.9 Å². The summed E-state index contributed by atoms with van der Waals surface area (Å²) in [6.45, 7) is 5.97. The number of ether oxygens (including phenoxy) is 1. The van der Waals surface area contributed by atoms with E-state index in [1.54, 1.807) is 19.1 Å². The second kappa shape index (κ2) is 5.63. The van der Waals surface area contributed by atoms with E-state index in [1.165, 1.54) is 0 Å². The zero-order valence-corrected chi connectivity index (χ0v) is 12.6. The lowest BCUT2D eigenvalue weighted by Gasteiger charge is -2.10. The molecule has 1 saturated heterocycles. The minimum Gasteiger partial charge on any atom is -0.369 e. The molecule has 1 aromatic carbocycles. The number of hydrogen-bond acceptors (Lipinski definition) is 3. The molecule has 3 nitrogen and oxygen atoms in total. The van der Waals surface area contributed by atoms with Crippen LogP contribution in [0.2, 0.25) is 0 Å². The number of rotatable bonds is 6. The molecule has 2 rings (SSSR count). The molecule has 1 heterocycles. The van der Waals surface area contributed by atoms with E-state index >= 15 is 0 Å². The van der Waals surface area contributed by atoms with Gasteiger partial charge in [-0.3, -0.25) is 0 Å². The van der Waals surface area contributed by atoms with Crippen LogP contribution in [-0.4, -0.2) is 26.4 Å². The summed E-state index contributed by atoms with van der Waals surface area (Å²) in [7, 11) is -3.11. The van der Waals surface area contributed by atoms with Gasteiger partial charge in [0, 0.05) is 0 Å². The zero-order valence-electron chi connectivity index (χ0n) is 11.8. The van der Waals surface area contributed by atoms with Gasteiger partial charge in [0.1, 0.15) is 0 Å². The van der Waals surface area contributed by atoms with E-state index in [0.717, 1.165) is 18.4 Å². The summed E-state index contributed by atoms with van der Waals surface area (Å²) in [6.07, 6.45) is 2.67. The van der Waals surface area contributed by atoms with Crippen LogP contribution >= 0.6 is 0 Å². The largest absolute Gasteiger partial charge is 0.369 e. The Morgan fingerprint density at radius 2 is 2.05 bits per heavy atom. The maximum Gasteiger partial charge on any atom is 0.178 e. The molecule has 3 unspecified atom stereocenters. The molecule has 1 aliphatic rings. The van der Waals surface area contributed by atoms with Crippen molar-refractivity contribution < 1.29 is 13.2 Å². The molecule has 1 aliphatic heterocycles. The normalized spacial score (nSPS) is 24.2. The maximum absolute atomic E-state index is 11.9. The van der Waals surface area contributed by atoms with Gasteiger partial charge < -0.3 is 4.74 Å². The lowest BCUT2D eigenvalue weighted by Crippen LogP contribution is -2.11. The van der Waals surface area contributed by atoms with Gasteiger partial charge in [0.2, 0.25) is 0 Å². The average molecular weight is 282 g/mol. The first-order valence-corrected chi connectivity index (χ1v) is 8.60. The van der Waals surface area contributed by atoms with Crippen LogP contribution in [0.4, 0.5) is 0 Å². The molecule has 0 radical (unpaired) electrons. The van der Waals surface area contributed by atoms with Crippen molar-refractivity contribution in [3.8, 4) is 0 Å². The highest BCUT2D eigenvalue weighted by Crippen LogP contribution is 2.33. The molecule has 0 bridgehead atoms. The highest BCUT2D eigenvalue weighted by atomic mass is 32.2. The van der Waals surface area contributed by atoms with E-state index in [0.29, 0.717) is 23.0 Å². The monoisotopic (exact) mass is 282 g/mol. The third-order valence-electron chi connectivity index (χ3n) is 3.78. The molecule has 0 amide bonds. The topological polar surface area (TPSA) is 46.7 Å². The third-order valence-corrected chi connectivity index (χ3v) is 5.51. The van der Waals surface area contributed by atoms with Crippen molar-refractivity contribution in [2.75, 3.05) is 5.75 Å². The fourth-order valence-electron chi connectivity index (χ4n) is 2.51. The summed E-state index contributed by atoms with van der Waals surface area (Å²) in [5, 5.41) is 0. The number of epoxide rings is 1. The quantitative estimate of drug-likeness (QED) is 0.754. The minimum atomic E-state index is -3.11. The Bertz CT molecular complexity index is 536. The summed E-state index contributed by atoms with van der Waals surface area (Å²) < 4.78 is 29.3. The number of hydrogen-bond donors (Lipinski definition) is 0. The third kappa shape index (κ3) is 3.37. The standard InChI is InChI=1S/C15H22O3S/c1-4-14-15(18-14)11(3)9-12-7-6-8-13(10-12)19(16,17)5-2/h6-8,10-11,14-15H,4-5,9H2,1-3H3. The Labute approximate surface area is 115 Å². The van der Waals surface area contributed by atoms with Crippen molar-refractivity contribution in [1.29, 1.82) is 0 Å². The second-order valence-corrected chi connectivity index (χ2v) is 7.56. The van der Waals surface area contributed by atoms with Gasteiger partial charge in [-0.2, -0.15) is 0 Å². The zero-order chi connectivity index (χ0) is 14.0. The first kappa shape index (κ1) is 14.5. The van der Waals surface area contributed by atoms with Gasteiger partial charge in [0.15, 0.2) is 9.84 Å². The van der Waals surface area contributed by atoms with Crippen LogP contribution in [0.5, 0.6) is 0 Å². The van der Waals surface area contributed by atoms with Gasteiger partial charge in [-0.15, -0.1) is 0 Å². The van der Waals surface area contributed by atoms with Crippen LogP contribution < -0.4 is 0 Å².